The van der Waals surface area contributed by atoms with Crippen molar-refractivity contribution in [2.24, 2.45) is 5.10 Å². The number of amides is 1. The van der Waals surface area contributed by atoms with Gasteiger partial charge in [0.25, 0.3) is 5.91 Å². The standard InChI is InChI=1S/C16H15N3O2/c1-2-9-21-15-7-3-5-13(10-15)11-18-19-16(20)14-6-4-8-17-12-14/h2-8,10-12H,1,9H2,(H,19,20)/b18-11-. The fraction of sp³-hybridized carbons (Fsp3) is 0.0625. The molecule has 21 heavy (non-hydrogen) atoms. The van der Waals surface area contributed by atoms with Crippen LogP contribution < -0.4 is 10.2 Å². The summed E-state index contributed by atoms with van der Waals surface area (Å²) in [5, 5.41) is 3.91. The van der Waals surface area contributed by atoms with Crippen LogP contribution in [0.2, 0.25) is 0 Å². The predicted octanol–water partition coefficient (Wildman–Crippen LogP) is 2.41. The van der Waals surface area contributed by atoms with Gasteiger partial charge in [0, 0.05) is 12.4 Å². The number of aromatic nitrogens is 1. The molecule has 0 bridgehead atoms. The molecule has 2 rings (SSSR count). The smallest absolute Gasteiger partial charge is 0.272 e. The Hall–Kier alpha value is -2.95. The molecule has 2 aromatic rings. The van der Waals surface area contributed by atoms with Gasteiger partial charge in [0.2, 0.25) is 0 Å². The van der Waals surface area contributed by atoms with Crippen LogP contribution in [0, 0.1) is 0 Å². The molecule has 0 unspecified atom stereocenters. The summed E-state index contributed by atoms with van der Waals surface area (Å²) in [5.74, 6) is 0.413. The molecule has 0 atom stereocenters. The number of carbonyl (C=O) groups is 1. The van der Waals surface area contributed by atoms with Gasteiger partial charge in [-0.2, -0.15) is 5.10 Å². The summed E-state index contributed by atoms with van der Waals surface area (Å²) in [7, 11) is 0. The lowest BCUT2D eigenvalue weighted by atomic mass is 10.2. The van der Waals surface area contributed by atoms with E-state index in [1.165, 1.54) is 6.20 Å². The second kappa shape index (κ2) is 7.59. The van der Waals surface area contributed by atoms with E-state index in [0.717, 1.165) is 11.3 Å². The van der Waals surface area contributed by atoms with Crippen molar-refractivity contribution in [1.29, 1.82) is 0 Å². The maximum atomic E-state index is 11.7. The predicted molar refractivity (Wildman–Crippen MR) is 81.4 cm³/mol. The zero-order valence-electron chi connectivity index (χ0n) is 11.4. The van der Waals surface area contributed by atoms with Gasteiger partial charge in [-0.3, -0.25) is 9.78 Å². The van der Waals surface area contributed by atoms with Crippen molar-refractivity contribution in [2.45, 2.75) is 0 Å². The van der Waals surface area contributed by atoms with Crippen LogP contribution in [0.15, 0.2) is 66.5 Å². The summed E-state index contributed by atoms with van der Waals surface area (Å²) < 4.78 is 5.42. The highest BCUT2D eigenvalue weighted by atomic mass is 16.5. The van der Waals surface area contributed by atoms with Gasteiger partial charge in [-0.05, 0) is 29.8 Å². The first-order valence-electron chi connectivity index (χ1n) is 6.37. The highest BCUT2D eigenvalue weighted by molar-refractivity contribution is 5.94. The van der Waals surface area contributed by atoms with Crippen molar-refractivity contribution in [1.82, 2.24) is 10.4 Å². The van der Waals surface area contributed by atoms with Gasteiger partial charge < -0.3 is 4.74 Å². The average molecular weight is 281 g/mol. The van der Waals surface area contributed by atoms with E-state index in [9.17, 15) is 4.79 Å². The van der Waals surface area contributed by atoms with Crippen LogP contribution in [0.25, 0.3) is 0 Å². The number of nitrogens with one attached hydrogen (secondary N) is 1. The number of hydrazone groups is 1. The number of carbonyl (C=O) groups excluding carboxylic acids is 1. The second-order valence-corrected chi connectivity index (χ2v) is 4.11. The quantitative estimate of drug-likeness (QED) is 0.502. The first-order valence-corrected chi connectivity index (χ1v) is 6.37. The Morgan fingerprint density at radius 2 is 2.29 bits per heavy atom. The van der Waals surface area contributed by atoms with E-state index >= 15 is 0 Å². The minimum Gasteiger partial charge on any atom is -0.490 e. The summed E-state index contributed by atoms with van der Waals surface area (Å²) in [4.78, 5) is 15.6. The Morgan fingerprint density at radius 3 is 3.05 bits per heavy atom. The Morgan fingerprint density at radius 1 is 1.38 bits per heavy atom. The van der Waals surface area contributed by atoms with Crippen molar-refractivity contribution in [3.63, 3.8) is 0 Å². The lowest BCUT2D eigenvalue weighted by molar-refractivity contribution is 0.0955. The number of ether oxygens (including phenoxy) is 1. The Bertz CT molecular complexity index is 639. The van der Waals surface area contributed by atoms with E-state index in [2.05, 4.69) is 22.1 Å². The summed E-state index contributed by atoms with van der Waals surface area (Å²) in [5.41, 5.74) is 3.72. The Labute approximate surface area is 123 Å². The molecule has 0 radical (unpaired) electrons. The maximum Gasteiger partial charge on any atom is 0.272 e. The van der Waals surface area contributed by atoms with Gasteiger partial charge in [-0.1, -0.05) is 24.8 Å². The lowest BCUT2D eigenvalue weighted by Gasteiger charge is -2.03. The average Bonchev–Trinajstić information content (AvgIpc) is 2.54. The molecule has 1 amide bonds. The molecular weight excluding hydrogens is 266 g/mol. The van der Waals surface area contributed by atoms with E-state index in [1.807, 2.05) is 24.3 Å². The summed E-state index contributed by atoms with van der Waals surface area (Å²) in [6, 6.07) is 10.7. The molecule has 0 spiro atoms. The molecule has 5 nitrogen and oxygen atoms in total. The first kappa shape index (κ1) is 14.5. The van der Waals surface area contributed by atoms with Crippen molar-refractivity contribution in [3.8, 4) is 5.75 Å². The fourth-order valence-electron chi connectivity index (χ4n) is 1.57. The molecule has 1 N–H and O–H groups in total. The van der Waals surface area contributed by atoms with Crippen LogP contribution in [-0.4, -0.2) is 23.7 Å². The van der Waals surface area contributed by atoms with Crippen molar-refractivity contribution < 1.29 is 9.53 Å². The van der Waals surface area contributed by atoms with E-state index in [-0.39, 0.29) is 5.91 Å². The van der Waals surface area contributed by atoms with Crippen LogP contribution in [-0.2, 0) is 0 Å². The molecule has 5 heteroatoms. The molecule has 1 heterocycles. The van der Waals surface area contributed by atoms with Crippen molar-refractivity contribution in [3.05, 3.63) is 72.6 Å². The van der Waals surface area contributed by atoms with Crippen LogP contribution in [0.5, 0.6) is 5.75 Å². The van der Waals surface area contributed by atoms with E-state index in [1.54, 1.807) is 30.6 Å². The third-order valence-electron chi connectivity index (χ3n) is 2.53. The maximum absolute atomic E-state index is 11.7. The third kappa shape index (κ3) is 4.58. The van der Waals surface area contributed by atoms with Gasteiger partial charge in [-0.15, -0.1) is 0 Å². The van der Waals surface area contributed by atoms with Crippen LogP contribution in [0.1, 0.15) is 15.9 Å². The molecule has 0 aliphatic carbocycles. The van der Waals surface area contributed by atoms with E-state index < -0.39 is 0 Å². The van der Waals surface area contributed by atoms with Gasteiger partial charge in [0.05, 0.1) is 11.8 Å². The number of nitrogens with zero attached hydrogens (tertiary/aromatic N) is 2. The molecular formula is C16H15N3O2. The molecule has 0 aliphatic heterocycles. The molecule has 0 aliphatic rings. The topological polar surface area (TPSA) is 63.6 Å². The molecule has 0 saturated heterocycles. The zero-order chi connectivity index (χ0) is 14.9. The molecule has 106 valence electrons. The van der Waals surface area contributed by atoms with Gasteiger partial charge in [0.15, 0.2) is 0 Å². The van der Waals surface area contributed by atoms with Crippen LogP contribution in [0.4, 0.5) is 0 Å². The number of benzene rings is 1. The highest BCUT2D eigenvalue weighted by Gasteiger charge is 2.02. The largest absolute Gasteiger partial charge is 0.490 e. The monoisotopic (exact) mass is 281 g/mol. The van der Waals surface area contributed by atoms with Gasteiger partial charge in [-0.25, -0.2) is 5.43 Å². The summed E-state index contributed by atoms with van der Waals surface area (Å²) >= 11 is 0. The minimum atomic E-state index is -0.307. The normalized spacial score (nSPS) is 10.3. The number of rotatable bonds is 6. The van der Waals surface area contributed by atoms with E-state index in [4.69, 9.17) is 4.74 Å². The summed E-state index contributed by atoms with van der Waals surface area (Å²) in [6.45, 7) is 4.03. The van der Waals surface area contributed by atoms with Gasteiger partial charge >= 0.3 is 0 Å². The summed E-state index contributed by atoms with van der Waals surface area (Å²) in [6.07, 6.45) is 6.31. The van der Waals surface area contributed by atoms with Gasteiger partial charge in [0.1, 0.15) is 12.4 Å². The molecule has 1 aromatic carbocycles. The van der Waals surface area contributed by atoms with Crippen molar-refractivity contribution in [2.75, 3.05) is 6.61 Å². The first-order chi connectivity index (χ1) is 10.3. The van der Waals surface area contributed by atoms with Crippen molar-refractivity contribution >= 4 is 12.1 Å². The van der Waals surface area contributed by atoms with Crippen LogP contribution >= 0.6 is 0 Å². The molecule has 0 fully saturated rings. The number of pyridine rings is 1. The minimum absolute atomic E-state index is 0.307. The lowest BCUT2D eigenvalue weighted by Crippen LogP contribution is -2.17. The molecule has 1 aromatic heterocycles. The number of hydrogen-bond acceptors (Lipinski definition) is 4. The van der Waals surface area contributed by atoms with E-state index in [0.29, 0.717) is 12.2 Å². The second-order valence-electron chi connectivity index (χ2n) is 4.11. The third-order valence-corrected chi connectivity index (χ3v) is 2.53. The van der Waals surface area contributed by atoms with Crippen LogP contribution in [0.3, 0.4) is 0 Å². The number of hydrogen-bond donors (Lipinski definition) is 1. The Kier molecular flexibility index (Phi) is 5.23. The SMILES string of the molecule is C=CCOc1cccc(/C=N\NC(=O)c2cccnc2)c1. The molecule has 0 saturated carbocycles. The zero-order valence-corrected chi connectivity index (χ0v) is 11.4. The highest BCUT2D eigenvalue weighted by Crippen LogP contribution is 2.11. The Balaban J connectivity index is 1.95. The fourth-order valence-corrected chi connectivity index (χ4v) is 1.57.